The Morgan fingerprint density at radius 3 is 2.67 bits per heavy atom. The van der Waals surface area contributed by atoms with Crippen LogP contribution in [0.1, 0.15) is 26.7 Å². The molecule has 0 saturated carbocycles. The summed E-state index contributed by atoms with van der Waals surface area (Å²) in [4.78, 5) is 2.53. The van der Waals surface area contributed by atoms with E-state index in [1.54, 1.807) is 7.11 Å². The van der Waals surface area contributed by atoms with Crippen LogP contribution in [0.5, 0.6) is 0 Å². The molecule has 2 nitrogen and oxygen atoms in total. The maximum atomic E-state index is 5.14. The highest BCUT2D eigenvalue weighted by molar-refractivity contribution is 4.82. The third-order valence-corrected chi connectivity index (χ3v) is 2.62. The van der Waals surface area contributed by atoms with Gasteiger partial charge < -0.3 is 4.74 Å². The van der Waals surface area contributed by atoms with Gasteiger partial charge in [0.1, 0.15) is 0 Å². The van der Waals surface area contributed by atoms with Crippen LogP contribution in [0.3, 0.4) is 0 Å². The number of rotatable bonds is 5. The summed E-state index contributed by atoms with van der Waals surface area (Å²) in [6, 6.07) is 0.716. The van der Waals surface area contributed by atoms with E-state index in [1.807, 2.05) is 0 Å². The van der Waals surface area contributed by atoms with Gasteiger partial charge in [0.25, 0.3) is 0 Å². The molecule has 1 atom stereocenters. The second kappa shape index (κ2) is 4.83. The summed E-state index contributed by atoms with van der Waals surface area (Å²) in [5.74, 6) is 0.828. The molecule has 0 aliphatic carbocycles. The minimum absolute atomic E-state index is 0.716. The molecule has 12 heavy (non-hydrogen) atoms. The molecule has 1 rings (SSSR count). The molecule has 0 radical (unpaired) electrons. The summed E-state index contributed by atoms with van der Waals surface area (Å²) in [7, 11) is 1.79. The van der Waals surface area contributed by atoms with E-state index >= 15 is 0 Å². The molecule has 0 bridgehead atoms. The zero-order valence-electron chi connectivity index (χ0n) is 8.55. The monoisotopic (exact) mass is 171 g/mol. The Balaban J connectivity index is 2.08. The van der Waals surface area contributed by atoms with Crippen LogP contribution in [-0.2, 0) is 4.74 Å². The van der Waals surface area contributed by atoms with Crippen molar-refractivity contribution in [1.29, 1.82) is 0 Å². The summed E-state index contributed by atoms with van der Waals surface area (Å²) in [5.41, 5.74) is 0. The number of ether oxygens (including phenoxy) is 1. The molecule has 1 aliphatic rings. The van der Waals surface area contributed by atoms with Gasteiger partial charge in [0.15, 0.2) is 0 Å². The van der Waals surface area contributed by atoms with Gasteiger partial charge in [-0.3, -0.25) is 4.90 Å². The van der Waals surface area contributed by atoms with Gasteiger partial charge in [-0.05, 0) is 25.3 Å². The number of methoxy groups -OCH3 is 1. The molecule has 0 aromatic carbocycles. The minimum Gasteiger partial charge on any atom is -0.383 e. The first-order valence-electron chi connectivity index (χ1n) is 4.97. The standard InChI is InChI=1S/C10H21NO/c1-9(2)4-6-11-7-5-10(11)8-12-3/h9-10H,4-8H2,1-3H3. The quantitative estimate of drug-likeness (QED) is 0.625. The van der Waals surface area contributed by atoms with Crippen LogP contribution in [-0.4, -0.2) is 37.7 Å². The second-order valence-corrected chi connectivity index (χ2v) is 4.12. The highest BCUT2D eigenvalue weighted by Crippen LogP contribution is 2.18. The van der Waals surface area contributed by atoms with Crippen LogP contribution >= 0.6 is 0 Å². The second-order valence-electron chi connectivity index (χ2n) is 4.12. The molecule has 0 spiro atoms. The zero-order chi connectivity index (χ0) is 8.97. The smallest absolute Gasteiger partial charge is 0.0618 e. The predicted molar refractivity (Wildman–Crippen MR) is 51.3 cm³/mol. The SMILES string of the molecule is COCC1CCN1CCC(C)C. The van der Waals surface area contributed by atoms with E-state index in [0.717, 1.165) is 12.5 Å². The largest absolute Gasteiger partial charge is 0.383 e. The number of nitrogens with zero attached hydrogens (tertiary/aromatic N) is 1. The Hall–Kier alpha value is -0.0800. The van der Waals surface area contributed by atoms with Crippen molar-refractivity contribution >= 4 is 0 Å². The molecule has 1 unspecified atom stereocenters. The van der Waals surface area contributed by atoms with E-state index in [9.17, 15) is 0 Å². The molecular formula is C10H21NO. The van der Waals surface area contributed by atoms with E-state index in [0.29, 0.717) is 6.04 Å². The van der Waals surface area contributed by atoms with E-state index in [4.69, 9.17) is 4.74 Å². The Morgan fingerprint density at radius 2 is 2.25 bits per heavy atom. The van der Waals surface area contributed by atoms with Crippen LogP contribution in [0.2, 0.25) is 0 Å². The van der Waals surface area contributed by atoms with Crippen molar-refractivity contribution in [3.63, 3.8) is 0 Å². The lowest BCUT2D eigenvalue weighted by Crippen LogP contribution is -2.50. The molecule has 1 fully saturated rings. The van der Waals surface area contributed by atoms with Gasteiger partial charge in [0.05, 0.1) is 6.61 Å². The zero-order valence-corrected chi connectivity index (χ0v) is 8.55. The average Bonchev–Trinajstić information content (AvgIpc) is 1.98. The Kier molecular flexibility index (Phi) is 4.02. The Labute approximate surface area is 75.9 Å². The van der Waals surface area contributed by atoms with Gasteiger partial charge in [-0.2, -0.15) is 0 Å². The van der Waals surface area contributed by atoms with Gasteiger partial charge in [-0.1, -0.05) is 13.8 Å². The summed E-state index contributed by atoms with van der Waals surface area (Å²) < 4.78 is 5.14. The van der Waals surface area contributed by atoms with Crippen molar-refractivity contribution < 1.29 is 4.74 Å². The van der Waals surface area contributed by atoms with Gasteiger partial charge in [0, 0.05) is 19.7 Å². The van der Waals surface area contributed by atoms with Gasteiger partial charge in [-0.15, -0.1) is 0 Å². The van der Waals surface area contributed by atoms with Gasteiger partial charge in [-0.25, -0.2) is 0 Å². The number of hydrogen-bond donors (Lipinski definition) is 0. The van der Waals surface area contributed by atoms with Crippen molar-refractivity contribution in [3.8, 4) is 0 Å². The highest BCUT2D eigenvalue weighted by Gasteiger charge is 2.26. The summed E-state index contributed by atoms with van der Waals surface area (Å²) in [5, 5.41) is 0. The molecule has 72 valence electrons. The molecule has 1 saturated heterocycles. The molecule has 0 N–H and O–H groups in total. The Bertz CT molecular complexity index is 125. The average molecular weight is 171 g/mol. The van der Waals surface area contributed by atoms with Crippen LogP contribution in [0.15, 0.2) is 0 Å². The van der Waals surface area contributed by atoms with Crippen molar-refractivity contribution in [3.05, 3.63) is 0 Å². The molecule has 0 aromatic heterocycles. The van der Waals surface area contributed by atoms with Crippen molar-refractivity contribution in [2.75, 3.05) is 26.8 Å². The molecule has 0 aromatic rings. The van der Waals surface area contributed by atoms with Crippen LogP contribution < -0.4 is 0 Å². The Morgan fingerprint density at radius 1 is 1.50 bits per heavy atom. The van der Waals surface area contributed by atoms with Gasteiger partial charge in [0.2, 0.25) is 0 Å². The molecule has 1 aliphatic heterocycles. The molecule has 1 heterocycles. The predicted octanol–water partition coefficient (Wildman–Crippen LogP) is 1.75. The lowest BCUT2D eigenvalue weighted by atomic mass is 10.0. The van der Waals surface area contributed by atoms with E-state index in [2.05, 4.69) is 18.7 Å². The van der Waals surface area contributed by atoms with E-state index in [-0.39, 0.29) is 0 Å². The maximum Gasteiger partial charge on any atom is 0.0618 e. The summed E-state index contributed by atoms with van der Waals surface area (Å²) >= 11 is 0. The number of likely N-dealkylation sites (tertiary alicyclic amines) is 1. The molecule has 0 amide bonds. The van der Waals surface area contributed by atoms with E-state index in [1.165, 1.54) is 25.9 Å². The molecule has 2 heteroatoms. The van der Waals surface area contributed by atoms with Crippen LogP contribution in [0, 0.1) is 5.92 Å². The first-order chi connectivity index (χ1) is 5.74. The topological polar surface area (TPSA) is 12.5 Å². The van der Waals surface area contributed by atoms with Crippen molar-refractivity contribution in [2.45, 2.75) is 32.7 Å². The van der Waals surface area contributed by atoms with Crippen molar-refractivity contribution in [2.24, 2.45) is 5.92 Å². The minimum atomic E-state index is 0.716. The summed E-state index contributed by atoms with van der Waals surface area (Å²) in [6.07, 6.45) is 2.64. The summed E-state index contributed by atoms with van der Waals surface area (Å²) in [6.45, 7) is 8.01. The van der Waals surface area contributed by atoms with Crippen LogP contribution in [0.4, 0.5) is 0 Å². The first-order valence-corrected chi connectivity index (χ1v) is 4.97. The molecular weight excluding hydrogens is 150 g/mol. The maximum absolute atomic E-state index is 5.14. The first kappa shape index (κ1) is 10.0. The third-order valence-electron chi connectivity index (χ3n) is 2.62. The van der Waals surface area contributed by atoms with Crippen molar-refractivity contribution in [1.82, 2.24) is 4.90 Å². The fraction of sp³-hybridized carbons (Fsp3) is 1.00. The lowest BCUT2D eigenvalue weighted by Gasteiger charge is -2.40. The third kappa shape index (κ3) is 2.76. The normalized spacial score (nSPS) is 24.5. The number of hydrogen-bond acceptors (Lipinski definition) is 2. The fourth-order valence-corrected chi connectivity index (χ4v) is 1.59. The fourth-order valence-electron chi connectivity index (χ4n) is 1.59. The highest BCUT2D eigenvalue weighted by atomic mass is 16.5. The van der Waals surface area contributed by atoms with Gasteiger partial charge >= 0.3 is 0 Å². The van der Waals surface area contributed by atoms with Crippen LogP contribution in [0.25, 0.3) is 0 Å². The van der Waals surface area contributed by atoms with E-state index < -0.39 is 0 Å². The lowest BCUT2D eigenvalue weighted by molar-refractivity contribution is 0.0209.